The molecule has 0 aliphatic carbocycles. The van der Waals surface area contributed by atoms with Crippen LogP contribution in [-0.4, -0.2) is 42.6 Å². The maximum atomic E-state index is 5.63. The minimum absolute atomic E-state index is 0.777. The molecule has 3 heteroatoms. The maximum Gasteiger partial charge on any atom is 0.0257 e. The number of nitrogens with zero attached hydrogens (tertiary/aromatic N) is 2. The van der Waals surface area contributed by atoms with Gasteiger partial charge in [0, 0.05) is 32.7 Å². The van der Waals surface area contributed by atoms with Gasteiger partial charge in [0.25, 0.3) is 0 Å². The minimum Gasteiger partial charge on any atom is -0.300 e. The van der Waals surface area contributed by atoms with Crippen molar-refractivity contribution in [2.75, 3.05) is 32.7 Å². The Morgan fingerprint density at radius 2 is 1.73 bits per heavy atom. The van der Waals surface area contributed by atoms with E-state index >= 15 is 0 Å². The molecule has 1 aliphatic rings. The average Bonchev–Trinajstić information content (AvgIpc) is 1.93. The molecule has 0 aromatic rings. The topological polar surface area (TPSA) is 32.5 Å². The van der Waals surface area contributed by atoms with Gasteiger partial charge in [-0.25, -0.2) is 5.01 Å². The van der Waals surface area contributed by atoms with Crippen LogP contribution in [0.2, 0.25) is 0 Å². The smallest absolute Gasteiger partial charge is 0.0257 e. The van der Waals surface area contributed by atoms with Gasteiger partial charge in [0.05, 0.1) is 0 Å². The second-order valence-corrected chi connectivity index (χ2v) is 3.73. The molecule has 3 nitrogen and oxygen atoms in total. The lowest BCUT2D eigenvalue weighted by atomic mass is 10.2. The number of nitrogens with two attached hydrogens (primary N) is 1. The Bertz CT molecular complexity index is 106. The van der Waals surface area contributed by atoms with E-state index in [0.29, 0.717) is 0 Å². The van der Waals surface area contributed by atoms with Crippen LogP contribution in [0, 0.1) is 5.92 Å². The van der Waals surface area contributed by atoms with Crippen LogP contribution < -0.4 is 5.84 Å². The third kappa shape index (κ3) is 3.18. The molecule has 0 saturated carbocycles. The fourth-order valence-corrected chi connectivity index (χ4v) is 1.46. The molecule has 0 bridgehead atoms. The Hall–Kier alpha value is -0.120. The van der Waals surface area contributed by atoms with Gasteiger partial charge in [-0.05, 0) is 5.92 Å². The summed E-state index contributed by atoms with van der Waals surface area (Å²) in [5.41, 5.74) is 0. The predicted molar refractivity (Wildman–Crippen MR) is 47.0 cm³/mol. The summed E-state index contributed by atoms with van der Waals surface area (Å²) in [6, 6.07) is 0. The van der Waals surface area contributed by atoms with E-state index in [1.807, 2.05) is 5.01 Å². The second kappa shape index (κ2) is 4.04. The van der Waals surface area contributed by atoms with Gasteiger partial charge in [-0.2, -0.15) is 0 Å². The van der Waals surface area contributed by atoms with Crippen molar-refractivity contribution in [1.29, 1.82) is 0 Å². The first kappa shape index (κ1) is 8.97. The summed E-state index contributed by atoms with van der Waals surface area (Å²) >= 11 is 0. The molecule has 0 spiro atoms. The third-order valence-corrected chi connectivity index (χ3v) is 2.03. The maximum absolute atomic E-state index is 5.63. The number of piperazine rings is 1. The molecule has 1 rings (SSSR count). The summed E-state index contributed by atoms with van der Waals surface area (Å²) in [4.78, 5) is 2.48. The Balaban J connectivity index is 2.17. The molecule has 0 radical (unpaired) electrons. The first-order chi connectivity index (χ1) is 5.18. The van der Waals surface area contributed by atoms with E-state index in [0.717, 1.165) is 32.1 Å². The van der Waals surface area contributed by atoms with Crippen LogP contribution in [0.4, 0.5) is 0 Å². The lowest BCUT2D eigenvalue weighted by molar-refractivity contribution is 0.123. The Kier molecular flexibility index (Phi) is 3.30. The van der Waals surface area contributed by atoms with E-state index in [9.17, 15) is 0 Å². The van der Waals surface area contributed by atoms with Crippen molar-refractivity contribution in [3.05, 3.63) is 0 Å². The van der Waals surface area contributed by atoms with Crippen LogP contribution in [0.25, 0.3) is 0 Å². The highest BCUT2D eigenvalue weighted by Gasteiger charge is 2.14. The number of hydrazine groups is 1. The Morgan fingerprint density at radius 3 is 2.18 bits per heavy atom. The van der Waals surface area contributed by atoms with Crippen molar-refractivity contribution in [2.24, 2.45) is 11.8 Å². The molecule has 1 heterocycles. The molecule has 0 aromatic heterocycles. The third-order valence-electron chi connectivity index (χ3n) is 2.03. The molecule has 2 N–H and O–H groups in total. The summed E-state index contributed by atoms with van der Waals surface area (Å²) < 4.78 is 0. The highest BCUT2D eigenvalue weighted by molar-refractivity contribution is 4.68. The van der Waals surface area contributed by atoms with Crippen molar-refractivity contribution in [3.63, 3.8) is 0 Å². The SMILES string of the molecule is CC(C)CN1CCN(N)CC1. The normalized spacial score (nSPS) is 22.9. The van der Waals surface area contributed by atoms with E-state index in [1.54, 1.807) is 0 Å². The quantitative estimate of drug-likeness (QED) is 0.578. The summed E-state index contributed by atoms with van der Waals surface area (Å²) in [6.45, 7) is 10.0. The zero-order chi connectivity index (χ0) is 8.27. The molecule has 11 heavy (non-hydrogen) atoms. The first-order valence-corrected chi connectivity index (χ1v) is 4.40. The molecule has 0 amide bonds. The number of rotatable bonds is 2. The van der Waals surface area contributed by atoms with Gasteiger partial charge >= 0.3 is 0 Å². The molecular formula is C8H19N3. The van der Waals surface area contributed by atoms with Crippen LogP contribution in [-0.2, 0) is 0 Å². The summed E-state index contributed by atoms with van der Waals surface area (Å²) in [7, 11) is 0. The summed E-state index contributed by atoms with van der Waals surface area (Å²) in [5, 5.41) is 1.90. The van der Waals surface area contributed by atoms with Crippen LogP contribution >= 0.6 is 0 Å². The number of hydrogen-bond acceptors (Lipinski definition) is 3. The largest absolute Gasteiger partial charge is 0.300 e. The van der Waals surface area contributed by atoms with Crippen LogP contribution in [0.1, 0.15) is 13.8 Å². The van der Waals surface area contributed by atoms with Gasteiger partial charge in [-0.15, -0.1) is 0 Å². The molecule has 0 unspecified atom stereocenters. The van der Waals surface area contributed by atoms with Gasteiger partial charge in [-0.3, -0.25) is 5.84 Å². The predicted octanol–water partition coefficient (Wildman–Crippen LogP) is 0.134. The van der Waals surface area contributed by atoms with E-state index in [4.69, 9.17) is 5.84 Å². The van der Waals surface area contributed by atoms with E-state index < -0.39 is 0 Å². The van der Waals surface area contributed by atoms with Crippen LogP contribution in [0.15, 0.2) is 0 Å². The summed E-state index contributed by atoms with van der Waals surface area (Å²) in [6.07, 6.45) is 0. The standard InChI is InChI=1S/C8H19N3/c1-8(2)7-10-3-5-11(9)6-4-10/h8H,3-7,9H2,1-2H3. The van der Waals surface area contributed by atoms with E-state index in [2.05, 4.69) is 18.7 Å². The van der Waals surface area contributed by atoms with Crippen molar-refractivity contribution in [2.45, 2.75) is 13.8 Å². The number of hydrogen-bond donors (Lipinski definition) is 1. The monoisotopic (exact) mass is 157 g/mol. The van der Waals surface area contributed by atoms with E-state index in [-0.39, 0.29) is 0 Å². The van der Waals surface area contributed by atoms with Crippen molar-refractivity contribution < 1.29 is 0 Å². The summed E-state index contributed by atoms with van der Waals surface area (Å²) in [5.74, 6) is 6.41. The Morgan fingerprint density at radius 1 is 1.18 bits per heavy atom. The lowest BCUT2D eigenvalue weighted by Gasteiger charge is -2.32. The van der Waals surface area contributed by atoms with Gasteiger partial charge in [0.2, 0.25) is 0 Å². The Labute approximate surface area is 69.1 Å². The van der Waals surface area contributed by atoms with E-state index in [1.165, 1.54) is 6.54 Å². The molecule has 1 fully saturated rings. The molecular weight excluding hydrogens is 138 g/mol. The van der Waals surface area contributed by atoms with Crippen molar-refractivity contribution in [1.82, 2.24) is 9.91 Å². The van der Waals surface area contributed by atoms with Crippen LogP contribution in [0.3, 0.4) is 0 Å². The zero-order valence-corrected chi connectivity index (χ0v) is 7.58. The van der Waals surface area contributed by atoms with Gasteiger partial charge < -0.3 is 4.90 Å². The molecule has 66 valence electrons. The second-order valence-electron chi connectivity index (χ2n) is 3.73. The van der Waals surface area contributed by atoms with Crippen molar-refractivity contribution >= 4 is 0 Å². The van der Waals surface area contributed by atoms with Gasteiger partial charge in [-0.1, -0.05) is 13.8 Å². The molecule has 0 atom stereocenters. The van der Waals surface area contributed by atoms with Crippen LogP contribution in [0.5, 0.6) is 0 Å². The first-order valence-electron chi connectivity index (χ1n) is 4.40. The van der Waals surface area contributed by atoms with Gasteiger partial charge in [0.15, 0.2) is 0 Å². The average molecular weight is 157 g/mol. The zero-order valence-electron chi connectivity index (χ0n) is 7.58. The highest BCUT2D eigenvalue weighted by atomic mass is 15.4. The minimum atomic E-state index is 0.777. The lowest BCUT2D eigenvalue weighted by Crippen LogP contribution is -2.50. The molecule has 0 aromatic carbocycles. The fourth-order valence-electron chi connectivity index (χ4n) is 1.46. The molecule has 1 aliphatic heterocycles. The van der Waals surface area contributed by atoms with Crippen molar-refractivity contribution in [3.8, 4) is 0 Å². The fraction of sp³-hybridized carbons (Fsp3) is 1.00. The molecule has 1 saturated heterocycles. The highest BCUT2D eigenvalue weighted by Crippen LogP contribution is 2.01. The van der Waals surface area contributed by atoms with Gasteiger partial charge in [0.1, 0.15) is 0 Å².